The number of likely N-dealkylation sites (tertiary alicyclic amines) is 1. The zero-order valence-corrected chi connectivity index (χ0v) is 6.68. The minimum atomic E-state index is -0.866. The Morgan fingerprint density at radius 2 is 2.08 bits per heavy atom. The van der Waals surface area contributed by atoms with Crippen molar-refractivity contribution >= 4 is 12.3 Å². The molecule has 5 nitrogen and oxygen atoms in total. The van der Waals surface area contributed by atoms with Gasteiger partial charge in [-0.05, 0) is 12.8 Å². The van der Waals surface area contributed by atoms with Crippen molar-refractivity contribution in [3.05, 3.63) is 0 Å². The minimum Gasteiger partial charge on any atom is -0.465 e. The van der Waals surface area contributed by atoms with Crippen LogP contribution in [-0.4, -0.2) is 40.6 Å². The summed E-state index contributed by atoms with van der Waals surface area (Å²) in [5.41, 5.74) is 0. The fraction of sp³-hybridized carbons (Fsp3) is 0.714. The summed E-state index contributed by atoms with van der Waals surface area (Å²) >= 11 is 0. The first-order valence-electron chi connectivity index (χ1n) is 3.89. The molecular weight excluding hydrogens is 160 g/mol. The number of rotatable bonds is 1. The van der Waals surface area contributed by atoms with Crippen LogP contribution in [0.4, 0.5) is 4.79 Å². The lowest BCUT2D eigenvalue weighted by atomic mass is 9.99. The first-order valence-corrected chi connectivity index (χ1v) is 3.89. The maximum Gasteiger partial charge on any atom is 0.407 e. The number of hydrogen-bond acceptors (Lipinski definition) is 3. The van der Waals surface area contributed by atoms with Crippen LogP contribution in [0.2, 0.25) is 0 Å². The van der Waals surface area contributed by atoms with Gasteiger partial charge in [-0.2, -0.15) is 0 Å². The SMILES string of the molecule is O=C(O)N1CCC(/C=N/O)CC1. The highest BCUT2D eigenvalue weighted by atomic mass is 16.4. The van der Waals surface area contributed by atoms with Gasteiger partial charge in [0.25, 0.3) is 0 Å². The van der Waals surface area contributed by atoms with Crippen molar-refractivity contribution in [1.82, 2.24) is 4.90 Å². The van der Waals surface area contributed by atoms with E-state index < -0.39 is 6.09 Å². The van der Waals surface area contributed by atoms with Gasteiger partial charge in [-0.1, -0.05) is 0 Å². The molecule has 12 heavy (non-hydrogen) atoms. The van der Waals surface area contributed by atoms with E-state index in [0.29, 0.717) is 13.1 Å². The van der Waals surface area contributed by atoms with E-state index >= 15 is 0 Å². The summed E-state index contributed by atoms with van der Waals surface area (Å²) in [6.07, 6.45) is 2.10. The van der Waals surface area contributed by atoms with E-state index in [1.807, 2.05) is 0 Å². The predicted octanol–water partition coefficient (Wildman–Crippen LogP) is 0.836. The van der Waals surface area contributed by atoms with E-state index in [2.05, 4.69) is 5.16 Å². The van der Waals surface area contributed by atoms with Gasteiger partial charge in [-0.15, -0.1) is 5.16 Å². The normalized spacial score (nSPS) is 20.2. The Hall–Kier alpha value is -1.26. The van der Waals surface area contributed by atoms with Gasteiger partial charge in [-0.25, -0.2) is 4.79 Å². The Morgan fingerprint density at radius 3 is 2.50 bits per heavy atom. The molecule has 0 atom stereocenters. The first kappa shape index (κ1) is 8.83. The number of hydrogen-bond donors (Lipinski definition) is 2. The third-order valence-corrected chi connectivity index (χ3v) is 2.09. The fourth-order valence-corrected chi connectivity index (χ4v) is 1.33. The van der Waals surface area contributed by atoms with E-state index in [9.17, 15) is 4.79 Å². The number of piperidine rings is 1. The second-order valence-electron chi connectivity index (χ2n) is 2.87. The van der Waals surface area contributed by atoms with Crippen LogP contribution >= 0.6 is 0 Å². The van der Waals surface area contributed by atoms with Crippen LogP contribution in [0.3, 0.4) is 0 Å². The summed E-state index contributed by atoms with van der Waals surface area (Å²) in [7, 11) is 0. The predicted molar refractivity (Wildman–Crippen MR) is 42.6 cm³/mol. The lowest BCUT2D eigenvalue weighted by molar-refractivity contribution is 0.131. The molecule has 0 aromatic heterocycles. The molecule has 0 aliphatic carbocycles. The molecule has 0 spiro atoms. The molecule has 1 saturated heterocycles. The zero-order valence-electron chi connectivity index (χ0n) is 6.68. The Morgan fingerprint density at radius 1 is 1.50 bits per heavy atom. The number of amides is 1. The van der Waals surface area contributed by atoms with Gasteiger partial charge in [0.1, 0.15) is 0 Å². The second kappa shape index (κ2) is 3.94. The van der Waals surface area contributed by atoms with Gasteiger partial charge in [-0.3, -0.25) is 0 Å². The van der Waals surface area contributed by atoms with Crippen LogP contribution in [0.15, 0.2) is 5.16 Å². The van der Waals surface area contributed by atoms with E-state index in [1.165, 1.54) is 11.1 Å². The maximum atomic E-state index is 10.5. The summed E-state index contributed by atoms with van der Waals surface area (Å²) in [5, 5.41) is 19.8. The van der Waals surface area contributed by atoms with Crippen LogP contribution in [0.1, 0.15) is 12.8 Å². The van der Waals surface area contributed by atoms with Crippen LogP contribution < -0.4 is 0 Å². The van der Waals surface area contributed by atoms with Crippen molar-refractivity contribution in [1.29, 1.82) is 0 Å². The molecular formula is C7H12N2O3. The largest absolute Gasteiger partial charge is 0.465 e. The van der Waals surface area contributed by atoms with Gasteiger partial charge in [0.15, 0.2) is 0 Å². The number of nitrogens with zero attached hydrogens (tertiary/aromatic N) is 2. The van der Waals surface area contributed by atoms with Crippen molar-refractivity contribution in [3.63, 3.8) is 0 Å². The van der Waals surface area contributed by atoms with Crippen LogP contribution in [0.25, 0.3) is 0 Å². The molecule has 0 radical (unpaired) electrons. The molecule has 0 bridgehead atoms. The third kappa shape index (κ3) is 2.11. The van der Waals surface area contributed by atoms with Crippen LogP contribution in [0, 0.1) is 5.92 Å². The topological polar surface area (TPSA) is 73.1 Å². The van der Waals surface area contributed by atoms with E-state index in [0.717, 1.165) is 12.8 Å². The molecule has 0 unspecified atom stereocenters. The summed E-state index contributed by atoms with van der Waals surface area (Å²) in [5.74, 6) is 0.227. The lowest BCUT2D eigenvalue weighted by Gasteiger charge is -2.27. The molecule has 1 aliphatic rings. The lowest BCUT2D eigenvalue weighted by Crippen LogP contribution is -2.37. The average molecular weight is 172 g/mol. The van der Waals surface area contributed by atoms with Crippen molar-refractivity contribution in [3.8, 4) is 0 Å². The van der Waals surface area contributed by atoms with Gasteiger partial charge in [0.2, 0.25) is 0 Å². The van der Waals surface area contributed by atoms with Crippen molar-refractivity contribution in [2.24, 2.45) is 11.1 Å². The standard InChI is InChI=1S/C7H12N2O3/c10-7(11)9-3-1-6(2-4-9)5-8-12/h5-6,12H,1-4H2,(H,10,11)/b8-5+. The van der Waals surface area contributed by atoms with E-state index in [4.69, 9.17) is 10.3 Å². The third-order valence-electron chi connectivity index (χ3n) is 2.09. The highest BCUT2D eigenvalue weighted by Gasteiger charge is 2.20. The Balaban J connectivity index is 2.34. The van der Waals surface area contributed by atoms with Crippen molar-refractivity contribution < 1.29 is 15.1 Å². The van der Waals surface area contributed by atoms with Crippen LogP contribution in [0.5, 0.6) is 0 Å². The molecule has 0 aromatic carbocycles. The highest BCUT2D eigenvalue weighted by Crippen LogP contribution is 2.14. The Kier molecular flexibility index (Phi) is 2.90. The summed E-state index contributed by atoms with van der Waals surface area (Å²) < 4.78 is 0. The van der Waals surface area contributed by atoms with E-state index in [1.54, 1.807) is 0 Å². The molecule has 0 aromatic rings. The molecule has 1 fully saturated rings. The van der Waals surface area contributed by atoms with Crippen LogP contribution in [-0.2, 0) is 0 Å². The molecule has 2 N–H and O–H groups in total. The van der Waals surface area contributed by atoms with Gasteiger partial charge in [0.05, 0.1) is 0 Å². The summed E-state index contributed by atoms with van der Waals surface area (Å²) in [6.45, 7) is 1.07. The molecule has 1 aliphatic heterocycles. The van der Waals surface area contributed by atoms with E-state index in [-0.39, 0.29) is 5.92 Å². The average Bonchev–Trinajstić information content (AvgIpc) is 2.06. The zero-order chi connectivity index (χ0) is 8.97. The van der Waals surface area contributed by atoms with Crippen molar-refractivity contribution in [2.45, 2.75) is 12.8 Å². The van der Waals surface area contributed by atoms with Crippen molar-refractivity contribution in [2.75, 3.05) is 13.1 Å². The molecule has 0 saturated carbocycles. The Labute approximate surface area is 70.3 Å². The molecule has 5 heteroatoms. The minimum absolute atomic E-state index is 0.227. The molecule has 1 rings (SSSR count). The molecule has 1 heterocycles. The second-order valence-corrected chi connectivity index (χ2v) is 2.87. The summed E-state index contributed by atoms with van der Waals surface area (Å²) in [4.78, 5) is 11.8. The Bertz CT molecular complexity index is 185. The molecule has 68 valence electrons. The summed E-state index contributed by atoms with van der Waals surface area (Å²) in [6, 6.07) is 0. The van der Waals surface area contributed by atoms with Gasteiger partial charge < -0.3 is 15.2 Å². The number of carbonyl (C=O) groups is 1. The highest BCUT2D eigenvalue weighted by molar-refractivity contribution is 5.66. The maximum absolute atomic E-state index is 10.5. The number of carboxylic acid groups (broad SMARTS) is 1. The first-order chi connectivity index (χ1) is 5.74. The fourth-order valence-electron chi connectivity index (χ4n) is 1.33. The monoisotopic (exact) mass is 172 g/mol. The molecule has 1 amide bonds. The van der Waals surface area contributed by atoms with Gasteiger partial charge in [0, 0.05) is 25.2 Å². The quantitative estimate of drug-likeness (QED) is 0.349. The van der Waals surface area contributed by atoms with Gasteiger partial charge >= 0.3 is 6.09 Å². The smallest absolute Gasteiger partial charge is 0.407 e. The number of oxime groups is 1.